The quantitative estimate of drug-likeness (QED) is 0.563. The molecule has 1 N–H and O–H groups in total. The number of amides is 1. The lowest BCUT2D eigenvalue weighted by Gasteiger charge is -2.15. The van der Waals surface area contributed by atoms with Crippen LogP contribution in [-0.4, -0.2) is 39.6 Å². The van der Waals surface area contributed by atoms with E-state index in [4.69, 9.17) is 16.9 Å². The summed E-state index contributed by atoms with van der Waals surface area (Å²) in [5.74, 6) is -0.307. The van der Waals surface area contributed by atoms with E-state index in [9.17, 15) is 26.4 Å². The Hall–Kier alpha value is -3.02. The minimum atomic E-state index is -5.70. The van der Waals surface area contributed by atoms with Crippen molar-refractivity contribution in [3.63, 3.8) is 0 Å². The van der Waals surface area contributed by atoms with E-state index in [1.807, 2.05) is 6.07 Å². The van der Waals surface area contributed by atoms with E-state index < -0.39 is 37.8 Å². The summed E-state index contributed by atoms with van der Waals surface area (Å²) in [7, 11) is -5.70. The largest absolute Gasteiger partial charge is 0.501 e. The number of hydrogen-bond donors (Lipinski definition) is 1. The van der Waals surface area contributed by atoms with E-state index in [1.165, 1.54) is 17.8 Å². The van der Waals surface area contributed by atoms with Crippen molar-refractivity contribution in [1.82, 2.24) is 25.1 Å². The number of hydrogen-bond acceptors (Lipinski definition) is 8. The third kappa shape index (κ3) is 4.59. The van der Waals surface area contributed by atoms with Crippen LogP contribution in [0.25, 0.3) is 5.13 Å². The first kappa shape index (κ1) is 23.6. The van der Waals surface area contributed by atoms with Gasteiger partial charge in [0.25, 0.3) is 15.7 Å². The van der Waals surface area contributed by atoms with Crippen LogP contribution in [0.4, 0.5) is 13.2 Å². The molecule has 0 bridgehead atoms. The van der Waals surface area contributed by atoms with Gasteiger partial charge in [0.15, 0.2) is 5.82 Å². The fourth-order valence-electron chi connectivity index (χ4n) is 2.59. The zero-order chi connectivity index (χ0) is 23.8. The van der Waals surface area contributed by atoms with Crippen molar-refractivity contribution in [2.24, 2.45) is 0 Å². The highest BCUT2D eigenvalue weighted by Crippen LogP contribution is 2.32. The summed E-state index contributed by atoms with van der Waals surface area (Å²) in [6, 6.07) is 3.36. The van der Waals surface area contributed by atoms with Gasteiger partial charge >= 0.3 is 5.51 Å². The van der Waals surface area contributed by atoms with E-state index >= 15 is 0 Å². The van der Waals surface area contributed by atoms with Crippen LogP contribution in [0.5, 0.6) is 0 Å². The second-order valence-electron chi connectivity index (χ2n) is 6.37. The molecule has 32 heavy (non-hydrogen) atoms. The molecule has 2 heterocycles. The van der Waals surface area contributed by atoms with Gasteiger partial charge < -0.3 is 5.32 Å². The number of aryl methyl sites for hydroxylation is 1. The summed E-state index contributed by atoms with van der Waals surface area (Å²) < 4.78 is 63.3. The molecular weight excluding hydrogens is 493 g/mol. The molecule has 9 nitrogen and oxygen atoms in total. The highest BCUT2D eigenvalue weighted by Gasteiger charge is 2.47. The van der Waals surface area contributed by atoms with E-state index in [0.717, 1.165) is 17.4 Å². The summed E-state index contributed by atoms with van der Waals surface area (Å²) in [6.45, 7) is 3.13. The predicted octanol–water partition coefficient (Wildman–Crippen LogP) is 3.34. The summed E-state index contributed by atoms with van der Waals surface area (Å²) in [6.07, 6.45) is 1.35. The fourth-order valence-corrected chi connectivity index (χ4v) is 4.40. The summed E-state index contributed by atoms with van der Waals surface area (Å²) in [5.41, 5.74) is -5.95. The topological polar surface area (TPSA) is 131 Å². The van der Waals surface area contributed by atoms with Gasteiger partial charge in [-0.05, 0) is 32.0 Å². The van der Waals surface area contributed by atoms with Crippen LogP contribution in [0.1, 0.15) is 39.8 Å². The van der Waals surface area contributed by atoms with Crippen molar-refractivity contribution in [3.05, 3.63) is 51.5 Å². The highest BCUT2D eigenvalue weighted by atomic mass is 35.5. The van der Waals surface area contributed by atoms with Crippen molar-refractivity contribution < 1.29 is 26.4 Å². The summed E-state index contributed by atoms with van der Waals surface area (Å²) >= 11 is 6.80. The van der Waals surface area contributed by atoms with Gasteiger partial charge in [-0.25, -0.2) is 18.4 Å². The maximum absolute atomic E-state index is 12.9. The molecular formula is C17H12ClF3N6O3S2. The average molecular weight is 505 g/mol. The smallest absolute Gasteiger partial charge is 0.342 e. The Morgan fingerprint density at radius 2 is 2.03 bits per heavy atom. The molecule has 0 fully saturated rings. The average Bonchev–Trinajstić information content (AvgIpc) is 3.32. The molecule has 3 aromatic rings. The van der Waals surface area contributed by atoms with Crippen LogP contribution in [0.15, 0.2) is 29.3 Å². The Morgan fingerprint density at radius 1 is 1.34 bits per heavy atom. The second kappa shape index (κ2) is 8.49. The van der Waals surface area contributed by atoms with E-state index in [1.54, 1.807) is 6.92 Å². The van der Waals surface area contributed by atoms with E-state index in [0.29, 0.717) is 28.0 Å². The van der Waals surface area contributed by atoms with Crippen molar-refractivity contribution in [1.29, 1.82) is 5.26 Å². The molecule has 1 aromatic carbocycles. The molecule has 168 valence electrons. The molecule has 3 rings (SSSR count). The number of sulfone groups is 1. The molecule has 2 aromatic heterocycles. The van der Waals surface area contributed by atoms with Crippen LogP contribution >= 0.6 is 22.9 Å². The molecule has 0 saturated carbocycles. The molecule has 1 atom stereocenters. The van der Waals surface area contributed by atoms with E-state index in [2.05, 4.69) is 20.4 Å². The number of carbonyl (C=O) groups is 1. The lowest BCUT2D eigenvalue weighted by molar-refractivity contribution is -0.0436. The van der Waals surface area contributed by atoms with Gasteiger partial charge in [-0.15, -0.1) is 5.10 Å². The molecule has 1 amide bonds. The SMILES string of the molecule is Cc1nc([C@H](C)NC(=O)c2cc(Cl)cc(S(=O)(=O)C(F)(F)F)c2)n(-c2ncc(C#N)s2)n1. The number of aromatic nitrogens is 4. The Labute approximate surface area is 188 Å². The number of nitrogens with zero attached hydrogens (tertiary/aromatic N) is 5. The van der Waals surface area contributed by atoms with Crippen LogP contribution < -0.4 is 5.32 Å². The van der Waals surface area contributed by atoms with Gasteiger partial charge in [0, 0.05) is 10.6 Å². The van der Waals surface area contributed by atoms with Gasteiger partial charge in [-0.2, -0.15) is 23.1 Å². The van der Waals surface area contributed by atoms with Crippen LogP contribution in [-0.2, 0) is 9.84 Å². The Bertz CT molecular complexity index is 1340. The monoisotopic (exact) mass is 504 g/mol. The van der Waals surface area contributed by atoms with Crippen LogP contribution in [0.2, 0.25) is 5.02 Å². The van der Waals surface area contributed by atoms with Crippen molar-refractivity contribution >= 4 is 38.7 Å². The lowest BCUT2D eigenvalue weighted by atomic mass is 10.2. The maximum Gasteiger partial charge on any atom is 0.501 e. The van der Waals surface area contributed by atoms with Crippen LogP contribution in [0.3, 0.4) is 0 Å². The van der Waals surface area contributed by atoms with E-state index in [-0.39, 0.29) is 10.8 Å². The summed E-state index contributed by atoms with van der Waals surface area (Å²) in [5, 5.41) is 15.6. The highest BCUT2D eigenvalue weighted by molar-refractivity contribution is 7.92. The number of nitriles is 1. The molecule has 0 aliphatic carbocycles. The number of carbonyl (C=O) groups excluding carboxylic acids is 1. The van der Waals surface area contributed by atoms with Gasteiger partial charge in [-0.3, -0.25) is 4.79 Å². The van der Waals surface area contributed by atoms with Gasteiger partial charge in [0.2, 0.25) is 5.13 Å². The van der Waals surface area contributed by atoms with Gasteiger partial charge in [0.05, 0.1) is 17.1 Å². The molecule has 0 unspecified atom stereocenters. The molecule has 0 aliphatic heterocycles. The molecule has 15 heteroatoms. The van der Waals surface area contributed by atoms with Crippen molar-refractivity contribution in [2.45, 2.75) is 30.3 Å². The second-order valence-corrected chi connectivity index (χ2v) is 9.75. The number of nitrogens with one attached hydrogen (secondary N) is 1. The molecule has 0 radical (unpaired) electrons. The van der Waals surface area contributed by atoms with Gasteiger partial charge in [-0.1, -0.05) is 22.9 Å². The Kier molecular flexibility index (Phi) is 6.27. The fraction of sp³-hybridized carbons (Fsp3) is 0.235. The first-order chi connectivity index (χ1) is 14.8. The third-order valence-electron chi connectivity index (χ3n) is 4.01. The molecule has 0 spiro atoms. The van der Waals surface area contributed by atoms with Crippen molar-refractivity contribution in [3.8, 4) is 11.2 Å². The standard InChI is InChI=1S/C17H12ClF3N6O3S2/c1-8(14-25-9(2)26-27(14)16-23-7-12(6-22)31-16)24-15(28)10-3-11(18)5-13(4-10)32(29,30)17(19,20)21/h3-5,7-8H,1-2H3,(H,24,28)/t8-/m0/s1. The number of benzene rings is 1. The van der Waals surface area contributed by atoms with Crippen LogP contribution in [0, 0.1) is 18.3 Å². The number of thiazole rings is 1. The van der Waals surface area contributed by atoms with Crippen molar-refractivity contribution in [2.75, 3.05) is 0 Å². The number of rotatable bonds is 5. The first-order valence-corrected chi connectivity index (χ1v) is 11.2. The molecule has 0 aliphatic rings. The zero-order valence-electron chi connectivity index (χ0n) is 16.2. The Morgan fingerprint density at radius 3 is 2.62 bits per heavy atom. The Balaban J connectivity index is 1.92. The summed E-state index contributed by atoms with van der Waals surface area (Å²) in [4.78, 5) is 20.1. The lowest BCUT2D eigenvalue weighted by Crippen LogP contribution is -2.29. The first-order valence-electron chi connectivity index (χ1n) is 8.56. The predicted molar refractivity (Wildman–Crippen MR) is 107 cm³/mol. The normalized spacial score (nSPS) is 12.9. The van der Waals surface area contributed by atoms with Gasteiger partial charge in [0.1, 0.15) is 16.8 Å². The third-order valence-corrected chi connectivity index (χ3v) is 6.57. The molecule has 0 saturated heterocycles. The zero-order valence-corrected chi connectivity index (χ0v) is 18.6. The number of halogens is 4. The minimum Gasteiger partial charge on any atom is -0.342 e. The minimum absolute atomic E-state index is 0.236. The maximum atomic E-state index is 12.9. The number of alkyl halides is 3.